The van der Waals surface area contributed by atoms with Crippen LogP contribution in [0.2, 0.25) is 0 Å². The molecule has 0 radical (unpaired) electrons. The standard InChI is InChI=1S/C31H45F2N5O5/c1-4-42-22-15-21-16-38(30(41)27(36-28(39)19(2)34-3)20-9-12-31(32,33)13-10-20)25(18-37(21)17-22)29(40)35-24-11-14-43-26-8-6-5-7-23(24)26/h5-8,19-22,24-25,27,34H,4,9-18H2,1-3H3,(H,35,40)(H,36,39)/t19-,21+,22+,24+,25-,27?/m0/s1. The minimum Gasteiger partial charge on any atom is -0.493 e. The molecule has 3 amide bonds. The Morgan fingerprint density at radius 3 is 2.58 bits per heavy atom. The Hall–Kier alpha value is -2.83. The zero-order valence-electron chi connectivity index (χ0n) is 25.3. The summed E-state index contributed by atoms with van der Waals surface area (Å²) >= 11 is 0. The Morgan fingerprint density at radius 2 is 1.86 bits per heavy atom. The molecule has 4 aliphatic rings. The highest BCUT2D eigenvalue weighted by Crippen LogP contribution is 2.39. The van der Waals surface area contributed by atoms with Crippen molar-refractivity contribution in [3.8, 4) is 5.75 Å². The molecule has 12 heteroatoms. The summed E-state index contributed by atoms with van der Waals surface area (Å²) in [6.45, 7) is 5.95. The van der Waals surface area contributed by atoms with Crippen molar-refractivity contribution in [2.75, 3.05) is 39.9 Å². The van der Waals surface area contributed by atoms with Crippen molar-refractivity contribution in [1.82, 2.24) is 25.8 Å². The van der Waals surface area contributed by atoms with E-state index in [-0.39, 0.29) is 61.6 Å². The SMILES string of the molecule is CCO[C@@H]1C[C@@H]2CN(C(=O)C(NC(=O)[C@H](C)NC)C3CCC(F)(F)CC3)[C@H](C(=O)N[C@@H]3CCOc4ccccc43)CN2C1. The highest BCUT2D eigenvalue weighted by Gasteiger charge is 2.48. The summed E-state index contributed by atoms with van der Waals surface area (Å²) in [5.41, 5.74) is 0.889. The molecule has 0 bridgehead atoms. The van der Waals surface area contributed by atoms with Gasteiger partial charge < -0.3 is 30.3 Å². The number of piperazine rings is 1. The number of likely N-dealkylation sites (N-methyl/N-ethyl adjacent to an activating group) is 1. The monoisotopic (exact) mass is 605 g/mol. The molecule has 6 atom stereocenters. The largest absolute Gasteiger partial charge is 0.493 e. The third-order valence-corrected chi connectivity index (χ3v) is 9.57. The lowest BCUT2D eigenvalue weighted by Crippen LogP contribution is -2.66. The van der Waals surface area contributed by atoms with E-state index < -0.39 is 30.0 Å². The summed E-state index contributed by atoms with van der Waals surface area (Å²) < 4.78 is 39.9. The van der Waals surface area contributed by atoms with Crippen LogP contribution in [0.15, 0.2) is 24.3 Å². The number of ether oxygens (including phenoxy) is 2. The van der Waals surface area contributed by atoms with Gasteiger partial charge in [0.1, 0.15) is 17.8 Å². The second-order valence-electron chi connectivity index (χ2n) is 12.4. The molecule has 2 saturated heterocycles. The van der Waals surface area contributed by atoms with E-state index in [0.29, 0.717) is 39.3 Å². The summed E-state index contributed by atoms with van der Waals surface area (Å²) in [4.78, 5) is 45.3. The average Bonchev–Trinajstić information content (AvgIpc) is 3.40. The normalized spacial score (nSPS) is 28.6. The maximum absolute atomic E-state index is 14.5. The first-order valence-corrected chi connectivity index (χ1v) is 15.6. The maximum Gasteiger partial charge on any atom is 0.248 e. The van der Waals surface area contributed by atoms with Gasteiger partial charge in [0.2, 0.25) is 23.6 Å². The van der Waals surface area contributed by atoms with Crippen LogP contribution in [0.3, 0.4) is 0 Å². The van der Waals surface area contributed by atoms with Crippen molar-refractivity contribution in [2.24, 2.45) is 5.92 Å². The predicted molar refractivity (Wildman–Crippen MR) is 156 cm³/mol. The van der Waals surface area contributed by atoms with Crippen molar-refractivity contribution in [3.05, 3.63) is 29.8 Å². The number of nitrogens with zero attached hydrogens (tertiary/aromatic N) is 2. The molecule has 3 aliphatic heterocycles. The minimum absolute atomic E-state index is 0.00312. The number of alkyl halides is 2. The van der Waals surface area contributed by atoms with E-state index in [1.807, 2.05) is 31.2 Å². The van der Waals surface area contributed by atoms with Crippen molar-refractivity contribution in [2.45, 2.75) is 94.6 Å². The average molecular weight is 606 g/mol. The van der Waals surface area contributed by atoms with Crippen LogP contribution in [0.25, 0.3) is 0 Å². The summed E-state index contributed by atoms with van der Waals surface area (Å²) in [6.07, 6.45) is 0.883. The van der Waals surface area contributed by atoms with Crippen LogP contribution < -0.4 is 20.7 Å². The molecule has 1 unspecified atom stereocenters. The quantitative estimate of drug-likeness (QED) is 0.396. The van der Waals surface area contributed by atoms with Crippen LogP contribution in [-0.2, 0) is 19.1 Å². The highest BCUT2D eigenvalue weighted by atomic mass is 19.3. The number of hydrogen-bond donors (Lipinski definition) is 3. The summed E-state index contributed by atoms with van der Waals surface area (Å²) in [5.74, 6) is -3.56. The molecule has 1 aliphatic carbocycles. The molecule has 1 saturated carbocycles. The molecule has 10 nitrogen and oxygen atoms in total. The molecule has 0 spiro atoms. The first kappa shape index (κ1) is 31.6. The van der Waals surface area contributed by atoms with Gasteiger partial charge in [-0.25, -0.2) is 8.78 Å². The third kappa shape index (κ3) is 7.12. The van der Waals surface area contributed by atoms with Gasteiger partial charge in [-0.2, -0.15) is 0 Å². The van der Waals surface area contributed by atoms with Crippen molar-refractivity contribution in [1.29, 1.82) is 0 Å². The van der Waals surface area contributed by atoms with Gasteiger partial charge in [0.15, 0.2) is 0 Å². The highest BCUT2D eigenvalue weighted by molar-refractivity contribution is 5.93. The molecule has 43 heavy (non-hydrogen) atoms. The number of carbonyl (C=O) groups excluding carboxylic acids is 3. The Bertz CT molecular complexity index is 1160. The Balaban J connectivity index is 1.41. The third-order valence-electron chi connectivity index (χ3n) is 9.57. The fourth-order valence-electron chi connectivity index (χ4n) is 6.98. The number of amides is 3. The van der Waals surface area contributed by atoms with Gasteiger partial charge in [-0.1, -0.05) is 18.2 Å². The van der Waals surface area contributed by atoms with Crippen molar-refractivity contribution < 1.29 is 32.6 Å². The van der Waals surface area contributed by atoms with Crippen molar-refractivity contribution >= 4 is 17.7 Å². The van der Waals surface area contributed by atoms with E-state index in [9.17, 15) is 23.2 Å². The lowest BCUT2D eigenvalue weighted by Gasteiger charge is -2.45. The van der Waals surface area contributed by atoms with Crippen LogP contribution in [0.5, 0.6) is 5.75 Å². The van der Waals surface area contributed by atoms with E-state index in [4.69, 9.17) is 9.47 Å². The molecule has 3 N–H and O–H groups in total. The van der Waals surface area contributed by atoms with Crippen molar-refractivity contribution in [3.63, 3.8) is 0 Å². The van der Waals surface area contributed by atoms with Crippen LogP contribution >= 0.6 is 0 Å². The molecule has 3 fully saturated rings. The van der Waals surface area contributed by atoms with E-state index in [0.717, 1.165) is 17.7 Å². The number of rotatable bonds is 9. The number of nitrogens with one attached hydrogen (secondary N) is 3. The summed E-state index contributed by atoms with van der Waals surface area (Å²) in [7, 11) is 1.64. The van der Waals surface area contributed by atoms with Gasteiger partial charge in [-0.3, -0.25) is 19.3 Å². The molecular formula is C31H45F2N5O5. The molecule has 0 aromatic heterocycles. The Kier molecular flexibility index (Phi) is 9.87. The van der Waals surface area contributed by atoms with Gasteiger partial charge >= 0.3 is 0 Å². The molecule has 238 valence electrons. The smallest absolute Gasteiger partial charge is 0.248 e. The lowest BCUT2D eigenvalue weighted by atomic mass is 9.81. The van der Waals surface area contributed by atoms with Crippen LogP contribution in [0, 0.1) is 5.92 Å². The van der Waals surface area contributed by atoms with Gasteiger partial charge in [0, 0.05) is 57.1 Å². The first-order chi connectivity index (χ1) is 20.6. The van der Waals surface area contributed by atoms with Gasteiger partial charge in [0.05, 0.1) is 24.8 Å². The molecule has 1 aromatic rings. The number of fused-ring (bicyclic) bond motifs is 2. The van der Waals surface area contributed by atoms with Gasteiger partial charge in [-0.05, 0) is 52.1 Å². The topological polar surface area (TPSA) is 112 Å². The Labute approximate surface area is 252 Å². The molecular weight excluding hydrogens is 560 g/mol. The zero-order valence-corrected chi connectivity index (χ0v) is 25.3. The Morgan fingerprint density at radius 1 is 1.12 bits per heavy atom. The second-order valence-corrected chi connectivity index (χ2v) is 12.4. The van der Waals surface area contributed by atoms with Gasteiger partial charge in [-0.15, -0.1) is 0 Å². The maximum atomic E-state index is 14.5. The predicted octanol–water partition coefficient (Wildman–Crippen LogP) is 2.23. The van der Waals surface area contributed by atoms with Crippen LogP contribution in [0.1, 0.15) is 64.0 Å². The number of halogens is 2. The molecule has 5 rings (SSSR count). The number of hydrogen-bond acceptors (Lipinski definition) is 7. The van der Waals surface area contributed by atoms with Crippen LogP contribution in [-0.4, -0.2) is 104 Å². The fourth-order valence-corrected chi connectivity index (χ4v) is 6.98. The lowest BCUT2D eigenvalue weighted by molar-refractivity contribution is -0.150. The number of benzene rings is 1. The van der Waals surface area contributed by atoms with E-state index in [1.165, 1.54) is 0 Å². The van der Waals surface area contributed by atoms with E-state index >= 15 is 0 Å². The number of para-hydroxylation sites is 1. The van der Waals surface area contributed by atoms with Gasteiger partial charge in [0.25, 0.3) is 0 Å². The minimum atomic E-state index is -2.78. The second kappa shape index (κ2) is 13.4. The van der Waals surface area contributed by atoms with Crippen LogP contribution in [0.4, 0.5) is 8.78 Å². The first-order valence-electron chi connectivity index (χ1n) is 15.6. The molecule has 3 heterocycles. The van der Waals surface area contributed by atoms with E-state index in [1.54, 1.807) is 18.9 Å². The molecule has 1 aromatic carbocycles. The summed E-state index contributed by atoms with van der Waals surface area (Å²) in [6, 6.07) is 4.92. The zero-order chi connectivity index (χ0) is 30.7. The summed E-state index contributed by atoms with van der Waals surface area (Å²) in [5, 5.41) is 8.94. The number of carbonyl (C=O) groups is 3. The van der Waals surface area contributed by atoms with E-state index in [2.05, 4.69) is 20.9 Å². The fraction of sp³-hybridized carbons (Fsp3) is 0.710.